The lowest BCUT2D eigenvalue weighted by atomic mass is 10.1. The smallest absolute Gasteiger partial charge is 0.0369 e. The van der Waals surface area contributed by atoms with Gasteiger partial charge in [0.15, 0.2) is 0 Å². The summed E-state index contributed by atoms with van der Waals surface area (Å²) < 4.78 is 0. The minimum absolute atomic E-state index is 0.688. The van der Waals surface area contributed by atoms with E-state index in [1.807, 2.05) is 0 Å². The van der Waals surface area contributed by atoms with Crippen molar-refractivity contribution >= 4 is 5.69 Å². The molecule has 0 saturated carbocycles. The summed E-state index contributed by atoms with van der Waals surface area (Å²) in [4.78, 5) is 2.53. The van der Waals surface area contributed by atoms with Gasteiger partial charge in [-0.2, -0.15) is 0 Å². The first kappa shape index (κ1) is 11.1. The highest BCUT2D eigenvalue weighted by molar-refractivity contribution is 5.53. The molecule has 1 aliphatic carbocycles. The Kier molecular flexibility index (Phi) is 3.06. The van der Waals surface area contributed by atoms with E-state index in [0.717, 1.165) is 6.54 Å². The van der Waals surface area contributed by atoms with Gasteiger partial charge in [0.2, 0.25) is 0 Å². The molecule has 0 bridgehead atoms. The van der Waals surface area contributed by atoms with E-state index in [1.54, 1.807) is 11.1 Å². The van der Waals surface area contributed by atoms with Crippen molar-refractivity contribution in [3.63, 3.8) is 0 Å². The van der Waals surface area contributed by atoms with Crippen LogP contribution in [-0.2, 0) is 12.8 Å². The second kappa shape index (κ2) is 4.69. The Morgan fingerprint density at radius 1 is 1.29 bits per heavy atom. The largest absolute Gasteiger partial charge is 0.370 e. The zero-order valence-electron chi connectivity index (χ0n) is 10.7. The monoisotopic (exact) mass is 230 g/mol. The molecule has 1 aromatic carbocycles. The van der Waals surface area contributed by atoms with Crippen LogP contribution in [0.4, 0.5) is 5.69 Å². The van der Waals surface area contributed by atoms with Crippen LogP contribution in [0.3, 0.4) is 0 Å². The molecule has 1 atom stereocenters. The van der Waals surface area contributed by atoms with Gasteiger partial charge in [0.05, 0.1) is 0 Å². The molecule has 1 aromatic rings. The zero-order valence-corrected chi connectivity index (χ0v) is 10.7. The number of fused-ring (bicyclic) bond motifs is 1. The van der Waals surface area contributed by atoms with Gasteiger partial charge in [-0.25, -0.2) is 0 Å². The van der Waals surface area contributed by atoms with Crippen LogP contribution in [0, 0.1) is 0 Å². The number of nitrogens with zero attached hydrogens (tertiary/aromatic N) is 1. The van der Waals surface area contributed by atoms with Gasteiger partial charge >= 0.3 is 0 Å². The summed E-state index contributed by atoms with van der Waals surface area (Å²) in [7, 11) is 0. The van der Waals surface area contributed by atoms with Crippen LogP contribution in [0.15, 0.2) is 18.2 Å². The molecule has 1 fully saturated rings. The van der Waals surface area contributed by atoms with Gasteiger partial charge in [0.25, 0.3) is 0 Å². The SMILES string of the molecule is CCNC1CCN(c2ccc3c(c2)CCC3)C1. The molecule has 2 heteroatoms. The van der Waals surface area contributed by atoms with Crippen molar-refractivity contribution in [3.05, 3.63) is 29.3 Å². The van der Waals surface area contributed by atoms with E-state index in [2.05, 4.69) is 35.3 Å². The Morgan fingerprint density at radius 2 is 2.18 bits per heavy atom. The first-order valence-corrected chi connectivity index (χ1v) is 6.97. The molecule has 2 nitrogen and oxygen atoms in total. The minimum atomic E-state index is 0.688. The van der Waals surface area contributed by atoms with Crippen LogP contribution < -0.4 is 10.2 Å². The predicted octanol–water partition coefficient (Wildman–Crippen LogP) is 2.36. The van der Waals surface area contributed by atoms with Crippen LogP contribution in [0.2, 0.25) is 0 Å². The number of anilines is 1. The molecular formula is C15H22N2. The molecule has 0 aromatic heterocycles. The van der Waals surface area contributed by atoms with Crippen molar-refractivity contribution in [1.29, 1.82) is 0 Å². The van der Waals surface area contributed by atoms with E-state index in [0.29, 0.717) is 6.04 Å². The van der Waals surface area contributed by atoms with Crippen LogP contribution in [0.1, 0.15) is 30.9 Å². The van der Waals surface area contributed by atoms with Crippen molar-refractivity contribution < 1.29 is 0 Å². The molecule has 1 N–H and O–H groups in total. The molecule has 1 aliphatic heterocycles. The third-order valence-electron chi connectivity index (χ3n) is 4.13. The highest BCUT2D eigenvalue weighted by Gasteiger charge is 2.22. The van der Waals surface area contributed by atoms with E-state index in [1.165, 1.54) is 44.5 Å². The van der Waals surface area contributed by atoms with Gasteiger partial charge in [-0.05, 0) is 55.5 Å². The summed E-state index contributed by atoms with van der Waals surface area (Å²) in [6.07, 6.45) is 5.20. The van der Waals surface area contributed by atoms with Gasteiger partial charge in [-0.3, -0.25) is 0 Å². The Morgan fingerprint density at radius 3 is 3.06 bits per heavy atom. The highest BCUT2D eigenvalue weighted by Crippen LogP contribution is 2.28. The molecule has 1 unspecified atom stereocenters. The number of likely N-dealkylation sites (N-methyl/N-ethyl adjacent to an activating group) is 1. The fourth-order valence-electron chi connectivity index (χ4n) is 3.21. The lowest BCUT2D eigenvalue weighted by molar-refractivity contribution is 0.572. The Labute approximate surface area is 104 Å². The second-order valence-electron chi connectivity index (χ2n) is 5.30. The van der Waals surface area contributed by atoms with Gasteiger partial charge in [-0.15, -0.1) is 0 Å². The maximum Gasteiger partial charge on any atom is 0.0369 e. The van der Waals surface area contributed by atoms with Gasteiger partial charge in [-0.1, -0.05) is 13.0 Å². The van der Waals surface area contributed by atoms with Crippen molar-refractivity contribution in [2.24, 2.45) is 0 Å². The quantitative estimate of drug-likeness (QED) is 0.857. The lowest BCUT2D eigenvalue weighted by Crippen LogP contribution is -2.32. The molecule has 3 rings (SSSR count). The van der Waals surface area contributed by atoms with Crippen LogP contribution >= 0.6 is 0 Å². The van der Waals surface area contributed by atoms with E-state index in [9.17, 15) is 0 Å². The molecule has 1 saturated heterocycles. The van der Waals surface area contributed by atoms with Crippen molar-refractivity contribution in [3.8, 4) is 0 Å². The molecule has 17 heavy (non-hydrogen) atoms. The number of hydrogen-bond acceptors (Lipinski definition) is 2. The summed E-state index contributed by atoms with van der Waals surface area (Å²) >= 11 is 0. The summed E-state index contributed by atoms with van der Waals surface area (Å²) in [5, 5.41) is 3.55. The van der Waals surface area contributed by atoms with Crippen molar-refractivity contribution in [2.75, 3.05) is 24.5 Å². The summed E-state index contributed by atoms with van der Waals surface area (Å²) in [6, 6.07) is 7.78. The van der Waals surface area contributed by atoms with Gasteiger partial charge < -0.3 is 10.2 Å². The van der Waals surface area contributed by atoms with Crippen LogP contribution in [0.25, 0.3) is 0 Å². The summed E-state index contributed by atoms with van der Waals surface area (Å²) in [5.41, 5.74) is 4.61. The van der Waals surface area contributed by atoms with Crippen molar-refractivity contribution in [1.82, 2.24) is 5.32 Å². The number of hydrogen-bond donors (Lipinski definition) is 1. The molecule has 0 spiro atoms. The summed E-state index contributed by atoms with van der Waals surface area (Å²) in [5.74, 6) is 0. The van der Waals surface area contributed by atoms with E-state index in [4.69, 9.17) is 0 Å². The molecule has 0 radical (unpaired) electrons. The van der Waals surface area contributed by atoms with E-state index < -0.39 is 0 Å². The Hall–Kier alpha value is -1.02. The fourth-order valence-corrected chi connectivity index (χ4v) is 3.21. The first-order valence-electron chi connectivity index (χ1n) is 6.97. The molecule has 0 amide bonds. The average molecular weight is 230 g/mol. The fraction of sp³-hybridized carbons (Fsp3) is 0.600. The number of benzene rings is 1. The molecule has 92 valence electrons. The van der Waals surface area contributed by atoms with Crippen LogP contribution in [-0.4, -0.2) is 25.7 Å². The number of aryl methyl sites for hydroxylation is 2. The predicted molar refractivity (Wildman–Crippen MR) is 72.8 cm³/mol. The standard InChI is InChI=1S/C15H22N2/c1-2-16-14-8-9-17(11-14)15-7-6-12-4-3-5-13(12)10-15/h6-7,10,14,16H,2-5,8-9,11H2,1H3. The Balaban J connectivity index is 1.73. The molecule has 1 heterocycles. The third-order valence-corrected chi connectivity index (χ3v) is 4.13. The van der Waals surface area contributed by atoms with Crippen molar-refractivity contribution in [2.45, 2.75) is 38.6 Å². The van der Waals surface area contributed by atoms with E-state index in [-0.39, 0.29) is 0 Å². The number of nitrogens with one attached hydrogen (secondary N) is 1. The average Bonchev–Trinajstić information content (AvgIpc) is 2.96. The first-order chi connectivity index (χ1) is 8.36. The highest BCUT2D eigenvalue weighted by atomic mass is 15.2. The Bertz CT molecular complexity index is 400. The lowest BCUT2D eigenvalue weighted by Gasteiger charge is -2.20. The normalized spacial score (nSPS) is 23.1. The topological polar surface area (TPSA) is 15.3 Å². The van der Waals surface area contributed by atoms with Gasteiger partial charge in [0, 0.05) is 24.8 Å². The minimum Gasteiger partial charge on any atom is -0.370 e. The number of rotatable bonds is 3. The summed E-state index contributed by atoms with van der Waals surface area (Å²) in [6.45, 7) is 5.66. The van der Waals surface area contributed by atoms with E-state index >= 15 is 0 Å². The molecular weight excluding hydrogens is 208 g/mol. The second-order valence-corrected chi connectivity index (χ2v) is 5.30. The maximum absolute atomic E-state index is 3.55. The molecule has 2 aliphatic rings. The maximum atomic E-state index is 3.55. The van der Waals surface area contributed by atoms with Crippen LogP contribution in [0.5, 0.6) is 0 Å². The third kappa shape index (κ3) is 2.19. The zero-order chi connectivity index (χ0) is 11.7. The van der Waals surface area contributed by atoms with Gasteiger partial charge in [0.1, 0.15) is 0 Å².